The highest BCUT2D eigenvalue weighted by molar-refractivity contribution is 5.94. The topological polar surface area (TPSA) is 86.2 Å². The van der Waals surface area contributed by atoms with Gasteiger partial charge in [0, 0.05) is 37.0 Å². The van der Waals surface area contributed by atoms with Gasteiger partial charge in [0.25, 0.3) is 5.91 Å². The minimum atomic E-state index is -0.209. The third-order valence-electron chi connectivity index (χ3n) is 4.28. The number of nitrogens with zero attached hydrogens (tertiary/aromatic N) is 3. The van der Waals surface area contributed by atoms with E-state index in [0.29, 0.717) is 37.6 Å². The lowest BCUT2D eigenvalue weighted by Gasteiger charge is -2.31. The molecule has 2 aromatic rings. The van der Waals surface area contributed by atoms with Crippen LogP contribution in [0.2, 0.25) is 0 Å². The van der Waals surface area contributed by atoms with Gasteiger partial charge in [0.05, 0.1) is 24.8 Å². The molecule has 0 spiro atoms. The molecule has 7 heteroatoms. The van der Waals surface area contributed by atoms with Crippen molar-refractivity contribution in [1.82, 2.24) is 20.3 Å². The predicted octanol–water partition coefficient (Wildman–Crippen LogP) is 2.41. The molecule has 27 heavy (non-hydrogen) atoms. The zero-order chi connectivity index (χ0) is 19.1. The molecule has 0 radical (unpaired) electrons. The minimum absolute atomic E-state index is 0.100. The van der Waals surface area contributed by atoms with Crippen LogP contribution in [-0.4, -0.2) is 52.8 Å². The van der Waals surface area contributed by atoms with E-state index in [2.05, 4.69) is 20.3 Å². The van der Waals surface area contributed by atoms with Crippen molar-refractivity contribution in [2.45, 2.75) is 32.4 Å². The molecule has 3 rings (SSSR count). The highest BCUT2D eigenvalue weighted by Crippen LogP contribution is 2.15. The summed E-state index contributed by atoms with van der Waals surface area (Å²) in [6, 6.07) is 3.55. The van der Waals surface area contributed by atoms with Crippen LogP contribution in [0.15, 0.2) is 48.6 Å². The number of allylic oxidation sites excluding steroid dienone is 1. The van der Waals surface area contributed by atoms with E-state index < -0.39 is 0 Å². The monoisotopic (exact) mass is 368 g/mol. The third-order valence-corrected chi connectivity index (χ3v) is 4.28. The Bertz CT molecular complexity index is 774. The first kappa shape index (κ1) is 19.1. The molecule has 0 unspecified atom stereocenters. The molecular weight excluding hydrogens is 344 g/mol. The van der Waals surface area contributed by atoms with Crippen LogP contribution in [0, 0.1) is 0 Å². The van der Waals surface area contributed by atoms with E-state index in [-0.39, 0.29) is 18.1 Å². The van der Waals surface area contributed by atoms with E-state index >= 15 is 0 Å². The van der Waals surface area contributed by atoms with Crippen LogP contribution in [0.25, 0.3) is 11.4 Å². The van der Waals surface area contributed by atoms with Crippen LogP contribution in [0.3, 0.4) is 0 Å². The molecule has 0 aliphatic carbocycles. The summed E-state index contributed by atoms with van der Waals surface area (Å²) in [6.45, 7) is 5.63. The number of pyridine rings is 1. The molecule has 0 saturated carbocycles. The van der Waals surface area contributed by atoms with Gasteiger partial charge in [0.1, 0.15) is 6.10 Å². The summed E-state index contributed by atoms with van der Waals surface area (Å²) in [5.74, 6) is 0.349. The zero-order valence-corrected chi connectivity index (χ0v) is 15.6. The first-order valence-electron chi connectivity index (χ1n) is 8.99. The van der Waals surface area contributed by atoms with E-state index in [0.717, 1.165) is 5.56 Å². The first-order chi connectivity index (χ1) is 13.1. The van der Waals surface area contributed by atoms with Crippen LogP contribution < -0.4 is 5.32 Å². The van der Waals surface area contributed by atoms with Gasteiger partial charge in [0.15, 0.2) is 5.82 Å². The molecule has 3 heterocycles. The highest BCUT2D eigenvalue weighted by Gasteiger charge is 2.28. The van der Waals surface area contributed by atoms with Gasteiger partial charge in [0.2, 0.25) is 0 Å². The Kier molecular flexibility index (Phi) is 6.62. The van der Waals surface area contributed by atoms with Crippen molar-refractivity contribution in [3.05, 3.63) is 54.1 Å². The number of rotatable bonds is 6. The van der Waals surface area contributed by atoms with Gasteiger partial charge < -0.3 is 14.8 Å². The first-order valence-corrected chi connectivity index (χ1v) is 8.99. The van der Waals surface area contributed by atoms with Crippen LogP contribution in [0.1, 0.15) is 30.6 Å². The van der Waals surface area contributed by atoms with Crippen LogP contribution in [0.5, 0.6) is 0 Å². The summed E-state index contributed by atoms with van der Waals surface area (Å²) in [5, 5.41) is 3.03. The van der Waals surface area contributed by atoms with Gasteiger partial charge in [-0.15, -0.1) is 0 Å². The van der Waals surface area contributed by atoms with E-state index in [1.54, 1.807) is 12.4 Å². The summed E-state index contributed by atoms with van der Waals surface area (Å²) in [6.07, 6.45) is 8.99. The largest absolute Gasteiger partial charge is 0.379 e. The summed E-state index contributed by atoms with van der Waals surface area (Å²) >= 11 is 0. The lowest BCUT2D eigenvalue weighted by molar-refractivity contribution is -0.0589. The second-order valence-corrected chi connectivity index (χ2v) is 6.63. The fourth-order valence-electron chi connectivity index (χ4n) is 2.73. The number of hydrogen-bond donors (Lipinski definition) is 1. The molecule has 1 aliphatic heterocycles. The maximum absolute atomic E-state index is 12.6. The summed E-state index contributed by atoms with van der Waals surface area (Å²) in [7, 11) is 0. The third kappa shape index (κ3) is 5.42. The van der Waals surface area contributed by atoms with Crippen molar-refractivity contribution < 1.29 is 14.3 Å². The van der Waals surface area contributed by atoms with E-state index in [1.807, 2.05) is 32.1 Å². The van der Waals surface area contributed by atoms with Crippen molar-refractivity contribution >= 4 is 5.91 Å². The Hall–Kier alpha value is -2.64. The average Bonchev–Trinajstić information content (AvgIpc) is 2.70. The zero-order valence-electron chi connectivity index (χ0n) is 15.6. The quantitative estimate of drug-likeness (QED) is 0.788. The molecular formula is C20H24N4O3. The van der Waals surface area contributed by atoms with E-state index in [1.165, 1.54) is 18.0 Å². The smallest absolute Gasteiger partial charge is 0.254 e. The second kappa shape index (κ2) is 9.34. The molecule has 1 aliphatic rings. The lowest BCUT2D eigenvalue weighted by Crippen LogP contribution is -2.50. The standard InChI is InChI=1S/C20H24N4O3/c1-14(2)5-10-27-18-13-26-9-6-17(18)24-20(25)16-11-22-19(23-12-16)15-3-7-21-8-4-15/h3-5,7-8,11-12,17-18H,6,9-10,13H2,1-2H3,(H,24,25)/t17-,18-/m1/s1. The normalized spacial score (nSPS) is 19.3. The van der Waals surface area contributed by atoms with Crippen LogP contribution in [0.4, 0.5) is 0 Å². The van der Waals surface area contributed by atoms with Crippen molar-refractivity contribution in [2.75, 3.05) is 19.8 Å². The van der Waals surface area contributed by atoms with Gasteiger partial charge in [-0.1, -0.05) is 11.6 Å². The van der Waals surface area contributed by atoms with Gasteiger partial charge in [-0.2, -0.15) is 0 Å². The Labute approximate surface area is 158 Å². The van der Waals surface area contributed by atoms with Gasteiger partial charge in [-0.25, -0.2) is 9.97 Å². The van der Waals surface area contributed by atoms with Crippen molar-refractivity contribution in [3.63, 3.8) is 0 Å². The molecule has 0 aromatic carbocycles. The molecule has 142 valence electrons. The SMILES string of the molecule is CC(C)=CCO[C@@H]1COCC[C@H]1NC(=O)c1cnc(-c2ccncc2)nc1. The molecule has 1 saturated heterocycles. The fourth-order valence-corrected chi connectivity index (χ4v) is 2.73. The van der Waals surface area contributed by atoms with Gasteiger partial charge >= 0.3 is 0 Å². The van der Waals surface area contributed by atoms with Crippen LogP contribution >= 0.6 is 0 Å². The van der Waals surface area contributed by atoms with Crippen molar-refractivity contribution in [2.24, 2.45) is 0 Å². The number of carbonyl (C=O) groups is 1. The lowest BCUT2D eigenvalue weighted by atomic mass is 10.1. The second-order valence-electron chi connectivity index (χ2n) is 6.63. The highest BCUT2D eigenvalue weighted by atomic mass is 16.5. The number of aromatic nitrogens is 3. The number of ether oxygens (including phenoxy) is 2. The number of nitrogens with one attached hydrogen (secondary N) is 1. The summed E-state index contributed by atoms with van der Waals surface area (Å²) in [4.78, 5) is 25.1. The Morgan fingerprint density at radius 1 is 1.30 bits per heavy atom. The molecule has 7 nitrogen and oxygen atoms in total. The maximum Gasteiger partial charge on any atom is 0.254 e. The minimum Gasteiger partial charge on any atom is -0.379 e. The van der Waals surface area contributed by atoms with Gasteiger partial charge in [-0.3, -0.25) is 9.78 Å². The Morgan fingerprint density at radius 3 is 2.74 bits per heavy atom. The van der Waals surface area contributed by atoms with Crippen molar-refractivity contribution in [3.8, 4) is 11.4 Å². The van der Waals surface area contributed by atoms with Crippen molar-refractivity contribution in [1.29, 1.82) is 0 Å². The van der Waals surface area contributed by atoms with Gasteiger partial charge in [-0.05, 0) is 32.4 Å². The van der Waals surface area contributed by atoms with Crippen LogP contribution in [-0.2, 0) is 9.47 Å². The Balaban J connectivity index is 1.62. The fraction of sp³-hybridized carbons (Fsp3) is 0.400. The molecule has 2 aromatic heterocycles. The molecule has 1 amide bonds. The summed E-state index contributed by atoms with van der Waals surface area (Å²) < 4.78 is 11.4. The molecule has 1 fully saturated rings. The van der Waals surface area contributed by atoms with E-state index in [9.17, 15) is 4.79 Å². The molecule has 0 bridgehead atoms. The Morgan fingerprint density at radius 2 is 2.04 bits per heavy atom. The average molecular weight is 368 g/mol. The summed E-state index contributed by atoms with van der Waals surface area (Å²) in [5.41, 5.74) is 2.47. The predicted molar refractivity (Wildman–Crippen MR) is 101 cm³/mol. The number of amides is 1. The molecule has 1 N–H and O–H groups in total. The maximum atomic E-state index is 12.6. The van der Waals surface area contributed by atoms with E-state index in [4.69, 9.17) is 9.47 Å². The number of hydrogen-bond acceptors (Lipinski definition) is 6. The molecule has 2 atom stereocenters. The number of carbonyl (C=O) groups excluding carboxylic acids is 1.